The highest BCUT2D eigenvalue weighted by molar-refractivity contribution is 6.01. The van der Waals surface area contributed by atoms with Crippen molar-refractivity contribution in [3.05, 3.63) is 23.8 Å². The number of carbonyl (C=O) groups excluding carboxylic acids is 3. The van der Waals surface area contributed by atoms with Gasteiger partial charge in [0, 0.05) is 50.1 Å². The summed E-state index contributed by atoms with van der Waals surface area (Å²) in [4.78, 5) is 41.5. The van der Waals surface area contributed by atoms with E-state index < -0.39 is 0 Å². The third-order valence-corrected chi connectivity index (χ3v) is 6.13. The second-order valence-corrected chi connectivity index (χ2v) is 8.33. The van der Waals surface area contributed by atoms with E-state index >= 15 is 0 Å². The number of nitrogens with zero attached hydrogens (tertiary/aromatic N) is 2. The molecule has 2 saturated heterocycles. The summed E-state index contributed by atoms with van der Waals surface area (Å²) in [6.07, 6.45) is 1.32. The lowest BCUT2D eigenvalue weighted by Crippen LogP contribution is -2.46. The Morgan fingerprint density at radius 1 is 1.17 bits per heavy atom. The molecule has 0 bridgehead atoms. The molecule has 2 amide bonds. The number of ketones is 1. The number of nitrogens with one attached hydrogen (secondary N) is 1. The first-order chi connectivity index (χ1) is 14.5. The molecule has 3 aliphatic heterocycles. The Balaban J connectivity index is 1.30. The average molecular weight is 415 g/mol. The van der Waals surface area contributed by atoms with Gasteiger partial charge in [-0.2, -0.15) is 0 Å². The van der Waals surface area contributed by atoms with Crippen LogP contribution in [-0.2, 0) is 14.3 Å². The topological polar surface area (TPSA) is 88.2 Å². The molecule has 30 heavy (non-hydrogen) atoms. The van der Waals surface area contributed by atoms with Gasteiger partial charge in [-0.3, -0.25) is 19.3 Å². The van der Waals surface area contributed by atoms with E-state index in [1.54, 1.807) is 18.2 Å². The lowest BCUT2D eigenvalue weighted by Gasteiger charge is -2.35. The van der Waals surface area contributed by atoms with Crippen LogP contribution in [0.3, 0.4) is 0 Å². The molecule has 0 radical (unpaired) electrons. The molecule has 8 heteroatoms. The molecule has 0 aromatic heterocycles. The number of hydrogen-bond donors (Lipinski definition) is 1. The largest absolute Gasteiger partial charge is 0.482 e. The van der Waals surface area contributed by atoms with E-state index in [0.29, 0.717) is 42.9 Å². The van der Waals surface area contributed by atoms with Crippen molar-refractivity contribution in [2.75, 3.05) is 57.9 Å². The zero-order valence-electron chi connectivity index (χ0n) is 17.4. The minimum absolute atomic E-state index is 0.00323. The summed E-state index contributed by atoms with van der Waals surface area (Å²) in [5.41, 5.74) is 1.12. The molecule has 4 rings (SSSR count). The molecule has 1 aromatic carbocycles. The van der Waals surface area contributed by atoms with Crippen LogP contribution in [0.1, 0.15) is 30.1 Å². The monoisotopic (exact) mass is 415 g/mol. The van der Waals surface area contributed by atoms with Gasteiger partial charge in [0.2, 0.25) is 5.91 Å². The summed E-state index contributed by atoms with van der Waals surface area (Å²) in [6.45, 7) is 7.15. The zero-order chi connectivity index (χ0) is 21.1. The Bertz CT molecular complexity index is 813. The van der Waals surface area contributed by atoms with Crippen molar-refractivity contribution in [1.82, 2.24) is 9.80 Å². The van der Waals surface area contributed by atoms with E-state index in [4.69, 9.17) is 9.47 Å². The van der Waals surface area contributed by atoms with Crippen molar-refractivity contribution < 1.29 is 23.9 Å². The Kier molecular flexibility index (Phi) is 6.34. The van der Waals surface area contributed by atoms with Crippen LogP contribution in [0.2, 0.25) is 0 Å². The maximum atomic E-state index is 13.0. The number of hydrogen-bond acceptors (Lipinski definition) is 6. The van der Waals surface area contributed by atoms with Gasteiger partial charge in [-0.15, -0.1) is 0 Å². The molecule has 1 N–H and O–H groups in total. The highest BCUT2D eigenvalue weighted by Gasteiger charge is 2.31. The van der Waals surface area contributed by atoms with E-state index in [1.807, 2.05) is 11.8 Å². The van der Waals surface area contributed by atoms with E-state index in [-0.39, 0.29) is 36.0 Å². The van der Waals surface area contributed by atoms with Crippen molar-refractivity contribution >= 4 is 23.3 Å². The number of carbonyl (C=O) groups is 3. The van der Waals surface area contributed by atoms with Gasteiger partial charge in [0.1, 0.15) is 5.75 Å². The quantitative estimate of drug-likeness (QED) is 0.732. The van der Waals surface area contributed by atoms with Gasteiger partial charge in [0.15, 0.2) is 12.4 Å². The molecule has 1 aromatic rings. The number of likely N-dealkylation sites (tertiary alicyclic amines) is 1. The summed E-state index contributed by atoms with van der Waals surface area (Å²) in [7, 11) is 0. The number of amides is 2. The van der Waals surface area contributed by atoms with Gasteiger partial charge in [0.05, 0.1) is 18.9 Å². The van der Waals surface area contributed by atoms with Crippen molar-refractivity contribution in [2.24, 2.45) is 11.8 Å². The highest BCUT2D eigenvalue weighted by Crippen LogP contribution is 2.31. The van der Waals surface area contributed by atoms with Gasteiger partial charge >= 0.3 is 0 Å². The number of anilines is 1. The van der Waals surface area contributed by atoms with Crippen LogP contribution in [-0.4, -0.2) is 79.9 Å². The zero-order valence-corrected chi connectivity index (χ0v) is 17.4. The van der Waals surface area contributed by atoms with E-state index in [1.165, 1.54) is 0 Å². The molecule has 3 aliphatic rings. The molecule has 162 valence electrons. The molecular weight excluding hydrogens is 386 g/mol. The van der Waals surface area contributed by atoms with E-state index in [2.05, 4.69) is 10.2 Å². The first-order valence-electron chi connectivity index (χ1n) is 10.7. The Morgan fingerprint density at radius 3 is 2.63 bits per heavy atom. The second-order valence-electron chi connectivity index (χ2n) is 8.33. The maximum Gasteiger partial charge on any atom is 0.262 e. The van der Waals surface area contributed by atoms with Gasteiger partial charge in [-0.05, 0) is 31.0 Å². The number of Topliss-reactive ketones (excluding diaryl/α,β-unsaturated/α-hetero) is 1. The molecule has 0 aliphatic carbocycles. The maximum absolute atomic E-state index is 13.0. The molecule has 0 unspecified atom stereocenters. The van der Waals surface area contributed by atoms with E-state index in [0.717, 1.165) is 32.8 Å². The predicted octanol–water partition coefficient (Wildman–Crippen LogP) is 1.41. The average Bonchev–Trinajstić information content (AvgIpc) is 2.78. The number of rotatable bonds is 5. The first-order valence-corrected chi connectivity index (χ1v) is 10.7. The minimum Gasteiger partial charge on any atom is -0.482 e. The van der Waals surface area contributed by atoms with Crippen molar-refractivity contribution in [3.8, 4) is 5.75 Å². The number of piperidine rings is 1. The number of benzene rings is 1. The highest BCUT2D eigenvalue weighted by atomic mass is 16.5. The molecule has 3 heterocycles. The lowest BCUT2D eigenvalue weighted by atomic mass is 9.88. The second kappa shape index (κ2) is 9.14. The first kappa shape index (κ1) is 20.8. The van der Waals surface area contributed by atoms with Crippen LogP contribution in [0.15, 0.2) is 18.2 Å². The lowest BCUT2D eigenvalue weighted by molar-refractivity contribution is -0.137. The van der Waals surface area contributed by atoms with Crippen molar-refractivity contribution in [2.45, 2.75) is 19.8 Å². The van der Waals surface area contributed by atoms with Crippen LogP contribution >= 0.6 is 0 Å². The minimum atomic E-state index is -0.217. The predicted molar refractivity (Wildman–Crippen MR) is 111 cm³/mol. The van der Waals surface area contributed by atoms with Crippen LogP contribution in [0.5, 0.6) is 5.75 Å². The molecule has 0 spiro atoms. The summed E-state index contributed by atoms with van der Waals surface area (Å²) < 4.78 is 10.7. The normalized spacial score (nSPS) is 21.4. The van der Waals surface area contributed by atoms with E-state index in [9.17, 15) is 14.4 Å². The third kappa shape index (κ3) is 4.65. The Labute approximate surface area is 176 Å². The van der Waals surface area contributed by atoms with Crippen LogP contribution < -0.4 is 10.1 Å². The van der Waals surface area contributed by atoms with Gasteiger partial charge < -0.3 is 19.7 Å². The summed E-state index contributed by atoms with van der Waals surface area (Å²) in [5, 5.41) is 2.75. The van der Waals surface area contributed by atoms with Crippen LogP contribution in [0, 0.1) is 11.8 Å². The standard InChI is InChI=1S/C22H29N3O5/c1-15(13-24-8-10-29-11-9-24)22(28)25-6-4-16(5-7-25)21(27)17-2-3-19-18(12-17)23-20(26)14-30-19/h2-3,12,15-16H,4-11,13-14H2,1H3,(H,23,26)/t15-/m0/s1. The smallest absolute Gasteiger partial charge is 0.262 e. The summed E-state index contributed by atoms with van der Waals surface area (Å²) in [5.74, 6) is 0.430. The molecule has 8 nitrogen and oxygen atoms in total. The fraction of sp³-hybridized carbons (Fsp3) is 0.591. The van der Waals surface area contributed by atoms with Crippen LogP contribution in [0.25, 0.3) is 0 Å². The fourth-order valence-corrected chi connectivity index (χ4v) is 4.39. The summed E-state index contributed by atoms with van der Waals surface area (Å²) in [6, 6.07) is 5.17. The third-order valence-electron chi connectivity index (χ3n) is 6.13. The van der Waals surface area contributed by atoms with Gasteiger partial charge in [-0.25, -0.2) is 0 Å². The fourth-order valence-electron chi connectivity index (χ4n) is 4.39. The Morgan fingerprint density at radius 2 is 1.90 bits per heavy atom. The van der Waals surface area contributed by atoms with Crippen molar-refractivity contribution in [1.29, 1.82) is 0 Å². The molecule has 2 fully saturated rings. The van der Waals surface area contributed by atoms with Crippen molar-refractivity contribution in [3.63, 3.8) is 0 Å². The number of ether oxygens (including phenoxy) is 2. The number of fused-ring (bicyclic) bond motifs is 1. The molecular formula is C22H29N3O5. The number of morpholine rings is 1. The van der Waals surface area contributed by atoms with Crippen LogP contribution in [0.4, 0.5) is 5.69 Å². The molecule has 0 saturated carbocycles. The van der Waals surface area contributed by atoms with Gasteiger partial charge in [-0.1, -0.05) is 6.92 Å². The summed E-state index contributed by atoms with van der Waals surface area (Å²) >= 11 is 0. The van der Waals surface area contributed by atoms with Gasteiger partial charge in [0.25, 0.3) is 5.91 Å². The SMILES string of the molecule is C[C@@H](CN1CCOCC1)C(=O)N1CCC(C(=O)c2ccc3c(c2)NC(=O)CO3)CC1. The molecule has 1 atom stereocenters. The Hall–Kier alpha value is -2.45.